The van der Waals surface area contributed by atoms with Crippen molar-refractivity contribution >= 4 is 6.01 Å². The molecule has 9 heteroatoms. The second-order valence-corrected chi connectivity index (χ2v) is 6.01. The number of anilines is 1. The monoisotopic (exact) mass is 329 g/mol. The van der Waals surface area contributed by atoms with Gasteiger partial charge in [-0.3, -0.25) is 4.68 Å². The number of hydrogen-bond acceptors (Lipinski definition) is 5. The van der Waals surface area contributed by atoms with Crippen molar-refractivity contribution in [1.29, 1.82) is 0 Å². The highest BCUT2D eigenvalue weighted by atomic mass is 19.4. The van der Waals surface area contributed by atoms with Crippen LogP contribution in [-0.2, 0) is 6.18 Å². The second kappa shape index (κ2) is 5.86. The first-order chi connectivity index (χ1) is 10.8. The Morgan fingerprint density at radius 2 is 2.13 bits per heavy atom. The third kappa shape index (κ3) is 3.32. The van der Waals surface area contributed by atoms with E-state index in [2.05, 4.69) is 15.2 Å². The van der Waals surface area contributed by atoms with Gasteiger partial charge in [0, 0.05) is 25.2 Å². The van der Waals surface area contributed by atoms with Crippen molar-refractivity contribution in [2.24, 2.45) is 0 Å². The molecular formula is C14H18F3N5O. The molecule has 2 aromatic heterocycles. The molecule has 0 saturated carbocycles. The molecule has 2 aromatic rings. The molecular weight excluding hydrogens is 311 g/mol. The predicted octanol–water partition coefficient (Wildman–Crippen LogP) is 3.25. The van der Waals surface area contributed by atoms with Gasteiger partial charge in [0.25, 0.3) is 0 Å². The molecule has 1 atom stereocenters. The van der Waals surface area contributed by atoms with E-state index in [0.29, 0.717) is 18.4 Å². The first-order valence-corrected chi connectivity index (χ1v) is 7.55. The fraction of sp³-hybridized carbons (Fsp3) is 0.643. The Morgan fingerprint density at radius 3 is 2.74 bits per heavy atom. The fourth-order valence-electron chi connectivity index (χ4n) is 2.63. The summed E-state index contributed by atoms with van der Waals surface area (Å²) in [5, 5.41) is 7.59. The first-order valence-electron chi connectivity index (χ1n) is 7.55. The zero-order chi connectivity index (χ0) is 16.6. The van der Waals surface area contributed by atoms with E-state index in [0.717, 1.165) is 25.5 Å². The van der Waals surface area contributed by atoms with Gasteiger partial charge in [-0.15, -0.1) is 0 Å². The minimum atomic E-state index is -4.42. The third-order valence-corrected chi connectivity index (χ3v) is 3.89. The summed E-state index contributed by atoms with van der Waals surface area (Å²) in [5.41, 5.74) is -0.866. The summed E-state index contributed by atoms with van der Waals surface area (Å²) in [6.45, 7) is 5.18. The van der Waals surface area contributed by atoms with Crippen LogP contribution in [0.5, 0.6) is 0 Å². The van der Waals surface area contributed by atoms with Gasteiger partial charge < -0.3 is 9.42 Å². The lowest BCUT2D eigenvalue weighted by Crippen LogP contribution is -2.37. The summed E-state index contributed by atoms with van der Waals surface area (Å²) in [4.78, 5) is 6.25. The van der Waals surface area contributed by atoms with Crippen molar-refractivity contribution in [2.75, 3.05) is 18.0 Å². The number of halogens is 3. The molecule has 0 radical (unpaired) electrons. The maximum atomic E-state index is 12.7. The molecule has 1 aliphatic rings. The molecule has 6 nitrogen and oxygen atoms in total. The Hall–Kier alpha value is -2.06. The van der Waals surface area contributed by atoms with Crippen molar-refractivity contribution in [2.45, 2.75) is 44.8 Å². The van der Waals surface area contributed by atoms with Crippen LogP contribution >= 0.6 is 0 Å². The van der Waals surface area contributed by atoms with E-state index in [1.807, 2.05) is 18.7 Å². The Labute approximate surface area is 131 Å². The van der Waals surface area contributed by atoms with Gasteiger partial charge in [0.1, 0.15) is 0 Å². The van der Waals surface area contributed by atoms with Crippen molar-refractivity contribution < 1.29 is 17.7 Å². The van der Waals surface area contributed by atoms with Crippen LogP contribution in [0.25, 0.3) is 0 Å². The zero-order valence-electron chi connectivity index (χ0n) is 12.9. The van der Waals surface area contributed by atoms with Gasteiger partial charge in [-0.25, -0.2) is 0 Å². The number of aromatic nitrogens is 4. The molecule has 1 unspecified atom stereocenters. The van der Waals surface area contributed by atoms with Gasteiger partial charge in [0.2, 0.25) is 0 Å². The summed E-state index contributed by atoms with van der Waals surface area (Å²) in [5.74, 6) is 0.786. The highest BCUT2D eigenvalue weighted by Crippen LogP contribution is 2.30. The molecule has 3 rings (SSSR count). The molecule has 0 aromatic carbocycles. The molecule has 3 heterocycles. The van der Waals surface area contributed by atoms with Gasteiger partial charge in [-0.1, -0.05) is 19.0 Å². The summed E-state index contributed by atoms with van der Waals surface area (Å²) in [7, 11) is 0. The van der Waals surface area contributed by atoms with Crippen LogP contribution in [0.1, 0.15) is 50.2 Å². The topological polar surface area (TPSA) is 60.0 Å². The van der Waals surface area contributed by atoms with Crippen LogP contribution in [0.2, 0.25) is 0 Å². The van der Waals surface area contributed by atoms with Crippen molar-refractivity contribution in [3.05, 3.63) is 23.8 Å². The average Bonchev–Trinajstić information content (AvgIpc) is 3.16. The third-order valence-electron chi connectivity index (χ3n) is 3.89. The van der Waals surface area contributed by atoms with Crippen molar-refractivity contribution in [3.63, 3.8) is 0 Å². The summed E-state index contributed by atoms with van der Waals surface area (Å²) in [6.07, 6.45) is -1.45. The van der Waals surface area contributed by atoms with Crippen LogP contribution in [-0.4, -0.2) is 33.0 Å². The normalized spacial score (nSPS) is 19.6. The van der Waals surface area contributed by atoms with E-state index in [1.165, 1.54) is 10.9 Å². The maximum Gasteiger partial charge on any atom is 0.435 e. The summed E-state index contributed by atoms with van der Waals surface area (Å²) < 4.78 is 44.7. The maximum absolute atomic E-state index is 12.7. The van der Waals surface area contributed by atoms with E-state index in [1.54, 1.807) is 0 Å². The zero-order valence-corrected chi connectivity index (χ0v) is 12.9. The first kappa shape index (κ1) is 15.8. The highest BCUT2D eigenvalue weighted by molar-refractivity contribution is 5.26. The minimum absolute atomic E-state index is 0.144. The molecule has 126 valence electrons. The Bertz CT molecular complexity index is 663. The molecule has 0 bridgehead atoms. The molecule has 0 amide bonds. The lowest BCUT2D eigenvalue weighted by Gasteiger charge is -2.31. The Balaban J connectivity index is 1.74. The lowest BCUT2D eigenvalue weighted by molar-refractivity contribution is -0.141. The van der Waals surface area contributed by atoms with Gasteiger partial charge in [0.05, 0.1) is 6.04 Å². The van der Waals surface area contributed by atoms with Gasteiger partial charge in [-0.05, 0) is 18.9 Å². The number of nitrogens with zero attached hydrogens (tertiary/aromatic N) is 5. The average molecular weight is 329 g/mol. The van der Waals surface area contributed by atoms with E-state index in [4.69, 9.17) is 4.52 Å². The van der Waals surface area contributed by atoms with Crippen LogP contribution in [0.4, 0.5) is 19.2 Å². The predicted molar refractivity (Wildman–Crippen MR) is 76.1 cm³/mol. The molecule has 0 aliphatic carbocycles. The smallest absolute Gasteiger partial charge is 0.322 e. The summed E-state index contributed by atoms with van der Waals surface area (Å²) >= 11 is 0. The SMILES string of the molecule is CC(C)c1noc(N2CCCC(n3ccc(C(F)(F)F)n3)C2)n1. The van der Waals surface area contributed by atoms with Gasteiger partial charge in [-0.2, -0.15) is 23.3 Å². The van der Waals surface area contributed by atoms with E-state index in [9.17, 15) is 13.2 Å². The Morgan fingerprint density at radius 1 is 1.35 bits per heavy atom. The lowest BCUT2D eigenvalue weighted by atomic mass is 10.1. The molecule has 1 saturated heterocycles. The molecule has 0 N–H and O–H groups in total. The van der Waals surface area contributed by atoms with Gasteiger partial charge in [0.15, 0.2) is 11.5 Å². The highest BCUT2D eigenvalue weighted by Gasteiger charge is 2.35. The van der Waals surface area contributed by atoms with Crippen molar-refractivity contribution in [3.8, 4) is 0 Å². The van der Waals surface area contributed by atoms with Crippen LogP contribution < -0.4 is 4.90 Å². The van der Waals surface area contributed by atoms with E-state index >= 15 is 0 Å². The van der Waals surface area contributed by atoms with Gasteiger partial charge >= 0.3 is 12.2 Å². The number of piperidine rings is 1. The quantitative estimate of drug-likeness (QED) is 0.865. The summed E-state index contributed by atoms with van der Waals surface area (Å²) in [6, 6.07) is 1.28. The standard InChI is InChI=1S/C14H18F3N5O/c1-9(2)12-18-13(23-20-12)21-6-3-4-10(8-21)22-7-5-11(19-22)14(15,16)17/h5,7,9-10H,3-4,6,8H2,1-2H3. The van der Waals surface area contributed by atoms with Crippen LogP contribution in [0, 0.1) is 0 Å². The molecule has 1 aliphatic heterocycles. The Kier molecular flexibility index (Phi) is 4.03. The number of hydrogen-bond donors (Lipinski definition) is 0. The van der Waals surface area contributed by atoms with Crippen LogP contribution in [0.15, 0.2) is 16.8 Å². The van der Waals surface area contributed by atoms with E-state index < -0.39 is 11.9 Å². The molecule has 1 fully saturated rings. The van der Waals surface area contributed by atoms with Crippen LogP contribution in [0.3, 0.4) is 0 Å². The fourth-order valence-corrected chi connectivity index (χ4v) is 2.63. The molecule has 0 spiro atoms. The largest absolute Gasteiger partial charge is 0.435 e. The van der Waals surface area contributed by atoms with E-state index in [-0.39, 0.29) is 12.0 Å². The second-order valence-electron chi connectivity index (χ2n) is 6.01. The molecule has 23 heavy (non-hydrogen) atoms. The van der Waals surface area contributed by atoms with Crippen molar-refractivity contribution in [1.82, 2.24) is 19.9 Å². The minimum Gasteiger partial charge on any atom is -0.322 e. The number of rotatable bonds is 3. The number of alkyl halides is 3.